The van der Waals surface area contributed by atoms with Gasteiger partial charge in [-0.25, -0.2) is 4.98 Å². The van der Waals surface area contributed by atoms with Crippen molar-refractivity contribution in [2.24, 2.45) is 5.92 Å². The molecule has 4 nitrogen and oxygen atoms in total. The number of aryl methyl sites for hydroxylation is 1. The van der Waals surface area contributed by atoms with Crippen LogP contribution in [0.4, 0.5) is 0 Å². The quantitative estimate of drug-likeness (QED) is 0.760. The molecule has 0 fully saturated rings. The average Bonchev–Trinajstić information content (AvgIpc) is 2.69. The molecule has 0 aromatic carbocycles. The Kier molecular flexibility index (Phi) is 5.14. The number of aliphatic hydroxyl groups excluding tert-OH is 1. The number of thiazole rings is 1. The summed E-state index contributed by atoms with van der Waals surface area (Å²) in [7, 11) is 0. The fraction of sp³-hybridized carbons (Fsp3) is 0.455. The largest absolute Gasteiger partial charge is 0.396 e. The van der Waals surface area contributed by atoms with Crippen LogP contribution in [0.25, 0.3) is 6.08 Å². The number of nitrogens with one attached hydrogen (secondary N) is 1. The lowest BCUT2D eigenvalue weighted by atomic mass is 10.2. The maximum atomic E-state index is 11.3. The third-order valence-corrected chi connectivity index (χ3v) is 2.77. The molecular weight excluding hydrogens is 224 g/mol. The van der Waals surface area contributed by atoms with Crippen LogP contribution in [0.5, 0.6) is 0 Å². The van der Waals surface area contributed by atoms with Gasteiger partial charge in [-0.15, -0.1) is 11.3 Å². The van der Waals surface area contributed by atoms with Crippen molar-refractivity contribution in [2.45, 2.75) is 13.8 Å². The lowest BCUT2D eigenvalue weighted by Gasteiger charge is -2.06. The summed E-state index contributed by atoms with van der Waals surface area (Å²) in [6.45, 7) is 4.35. The van der Waals surface area contributed by atoms with Crippen molar-refractivity contribution in [2.75, 3.05) is 13.2 Å². The highest BCUT2D eigenvalue weighted by Crippen LogP contribution is 2.08. The molecule has 1 heterocycles. The zero-order chi connectivity index (χ0) is 12.0. The number of carbonyl (C=O) groups excluding carboxylic acids is 1. The molecule has 88 valence electrons. The van der Waals surface area contributed by atoms with Gasteiger partial charge in [-0.1, -0.05) is 6.92 Å². The highest BCUT2D eigenvalue weighted by molar-refractivity contribution is 7.09. The summed E-state index contributed by atoms with van der Waals surface area (Å²) in [5, 5.41) is 14.4. The molecule has 0 spiro atoms. The molecule has 0 bridgehead atoms. The van der Waals surface area contributed by atoms with Crippen molar-refractivity contribution in [1.29, 1.82) is 0 Å². The molecule has 1 atom stereocenters. The molecule has 1 unspecified atom stereocenters. The Bertz CT molecular complexity index is 374. The smallest absolute Gasteiger partial charge is 0.244 e. The van der Waals surface area contributed by atoms with Crippen LogP contribution in [-0.4, -0.2) is 29.1 Å². The van der Waals surface area contributed by atoms with Crippen molar-refractivity contribution in [3.63, 3.8) is 0 Å². The van der Waals surface area contributed by atoms with E-state index in [-0.39, 0.29) is 18.4 Å². The zero-order valence-electron chi connectivity index (χ0n) is 9.43. The van der Waals surface area contributed by atoms with Crippen LogP contribution in [0, 0.1) is 12.8 Å². The van der Waals surface area contributed by atoms with E-state index in [4.69, 9.17) is 5.11 Å². The molecule has 0 aliphatic carbocycles. The number of amides is 1. The Morgan fingerprint density at radius 2 is 2.50 bits per heavy atom. The molecule has 0 saturated carbocycles. The molecule has 1 rings (SSSR count). The summed E-state index contributed by atoms with van der Waals surface area (Å²) in [6, 6.07) is 0. The second-order valence-corrected chi connectivity index (χ2v) is 4.72. The topological polar surface area (TPSA) is 62.2 Å². The van der Waals surface area contributed by atoms with Crippen LogP contribution in [0.3, 0.4) is 0 Å². The number of hydrogen-bond donors (Lipinski definition) is 2. The van der Waals surface area contributed by atoms with Crippen molar-refractivity contribution in [3.8, 4) is 0 Å². The van der Waals surface area contributed by atoms with Crippen LogP contribution in [0.15, 0.2) is 11.5 Å². The third kappa shape index (κ3) is 4.55. The van der Waals surface area contributed by atoms with E-state index in [1.165, 1.54) is 6.08 Å². The number of aliphatic hydroxyl groups is 1. The maximum Gasteiger partial charge on any atom is 0.244 e. The summed E-state index contributed by atoms with van der Waals surface area (Å²) in [6.07, 6.45) is 3.14. The predicted molar refractivity (Wildman–Crippen MR) is 65.1 cm³/mol. The summed E-state index contributed by atoms with van der Waals surface area (Å²) in [4.78, 5) is 15.5. The number of nitrogens with zero attached hydrogens (tertiary/aromatic N) is 1. The first-order chi connectivity index (χ1) is 7.61. The van der Waals surface area contributed by atoms with Crippen molar-refractivity contribution in [1.82, 2.24) is 10.3 Å². The molecule has 0 aliphatic heterocycles. The van der Waals surface area contributed by atoms with Crippen LogP contribution in [0.2, 0.25) is 0 Å². The van der Waals surface area contributed by atoms with E-state index in [1.807, 2.05) is 19.2 Å². The predicted octanol–water partition coefficient (Wildman–Crippen LogP) is 1.21. The van der Waals surface area contributed by atoms with Gasteiger partial charge in [0, 0.05) is 24.6 Å². The summed E-state index contributed by atoms with van der Waals surface area (Å²) >= 11 is 1.55. The molecule has 16 heavy (non-hydrogen) atoms. The normalized spacial score (nSPS) is 12.9. The molecular formula is C11H16N2O2S. The first-order valence-electron chi connectivity index (χ1n) is 5.10. The third-order valence-electron chi connectivity index (χ3n) is 1.98. The van der Waals surface area contributed by atoms with E-state index < -0.39 is 0 Å². The van der Waals surface area contributed by atoms with E-state index in [2.05, 4.69) is 10.3 Å². The summed E-state index contributed by atoms with van der Waals surface area (Å²) in [5.41, 5.74) is 0.799. The van der Waals surface area contributed by atoms with Crippen molar-refractivity contribution in [3.05, 3.63) is 22.2 Å². The standard InChI is InChI=1S/C11H16N2O2S/c1-8(6-14)5-12-11(15)4-3-10-7-16-9(2)13-10/h3-4,7-8,14H,5-6H2,1-2H3,(H,12,15). The maximum absolute atomic E-state index is 11.3. The number of hydrogen-bond acceptors (Lipinski definition) is 4. The Morgan fingerprint density at radius 3 is 3.06 bits per heavy atom. The van der Waals surface area contributed by atoms with E-state index >= 15 is 0 Å². The van der Waals surface area contributed by atoms with Gasteiger partial charge in [0.25, 0.3) is 0 Å². The molecule has 2 N–H and O–H groups in total. The molecule has 1 aromatic heterocycles. The van der Waals surface area contributed by atoms with Gasteiger partial charge in [0.1, 0.15) is 0 Å². The van der Waals surface area contributed by atoms with Crippen LogP contribution in [0.1, 0.15) is 17.6 Å². The SMILES string of the molecule is Cc1nc(C=CC(=O)NCC(C)CO)cs1. The minimum absolute atomic E-state index is 0.0786. The molecule has 0 radical (unpaired) electrons. The fourth-order valence-corrected chi connectivity index (χ4v) is 1.60. The first-order valence-corrected chi connectivity index (χ1v) is 5.98. The second-order valence-electron chi connectivity index (χ2n) is 3.66. The van der Waals surface area contributed by atoms with Gasteiger partial charge < -0.3 is 10.4 Å². The Morgan fingerprint density at radius 1 is 1.75 bits per heavy atom. The van der Waals surface area contributed by atoms with E-state index in [0.717, 1.165) is 10.7 Å². The molecule has 0 saturated heterocycles. The van der Waals surface area contributed by atoms with Gasteiger partial charge in [-0.2, -0.15) is 0 Å². The van der Waals surface area contributed by atoms with Gasteiger partial charge in [0.05, 0.1) is 10.7 Å². The summed E-state index contributed by atoms with van der Waals surface area (Å²) in [5.74, 6) is -0.0789. The van der Waals surface area contributed by atoms with Crippen molar-refractivity contribution >= 4 is 23.3 Å². The lowest BCUT2D eigenvalue weighted by Crippen LogP contribution is -2.27. The second kappa shape index (κ2) is 6.40. The Labute approximate surface area is 99.0 Å². The van der Waals surface area contributed by atoms with Gasteiger partial charge in [-0.05, 0) is 18.9 Å². The number of rotatable bonds is 5. The molecule has 1 amide bonds. The lowest BCUT2D eigenvalue weighted by molar-refractivity contribution is -0.116. The monoisotopic (exact) mass is 240 g/mol. The van der Waals surface area contributed by atoms with Crippen LogP contribution < -0.4 is 5.32 Å². The van der Waals surface area contributed by atoms with Gasteiger partial charge in [0.2, 0.25) is 5.91 Å². The highest BCUT2D eigenvalue weighted by Gasteiger charge is 2.01. The Hall–Kier alpha value is -1.20. The Balaban J connectivity index is 2.36. The van der Waals surface area contributed by atoms with Crippen LogP contribution >= 0.6 is 11.3 Å². The van der Waals surface area contributed by atoms with E-state index in [1.54, 1.807) is 17.4 Å². The molecule has 5 heteroatoms. The average molecular weight is 240 g/mol. The van der Waals surface area contributed by atoms with E-state index in [0.29, 0.717) is 6.54 Å². The first kappa shape index (κ1) is 12.9. The fourth-order valence-electron chi connectivity index (χ4n) is 1.02. The van der Waals surface area contributed by atoms with Crippen LogP contribution in [-0.2, 0) is 4.79 Å². The van der Waals surface area contributed by atoms with Gasteiger partial charge >= 0.3 is 0 Å². The van der Waals surface area contributed by atoms with Gasteiger partial charge in [0.15, 0.2) is 0 Å². The minimum atomic E-state index is -0.161. The minimum Gasteiger partial charge on any atom is -0.396 e. The molecule has 1 aromatic rings. The number of carbonyl (C=O) groups is 1. The van der Waals surface area contributed by atoms with Gasteiger partial charge in [-0.3, -0.25) is 4.79 Å². The highest BCUT2D eigenvalue weighted by atomic mass is 32.1. The molecule has 0 aliphatic rings. The number of aromatic nitrogens is 1. The van der Waals surface area contributed by atoms with E-state index in [9.17, 15) is 4.79 Å². The van der Waals surface area contributed by atoms with Crippen molar-refractivity contribution < 1.29 is 9.90 Å². The summed E-state index contributed by atoms with van der Waals surface area (Å²) < 4.78 is 0. The zero-order valence-corrected chi connectivity index (χ0v) is 10.3.